The third kappa shape index (κ3) is 6.13. The maximum absolute atomic E-state index is 14.7. The maximum Gasteiger partial charge on any atom is 0.413 e. The van der Waals surface area contributed by atoms with Gasteiger partial charge in [-0.3, -0.25) is 15.1 Å². The number of carbonyl (C=O) groups is 2. The Morgan fingerprint density at radius 2 is 1.97 bits per heavy atom. The quantitative estimate of drug-likeness (QED) is 0.674. The van der Waals surface area contributed by atoms with Gasteiger partial charge in [-0.15, -0.1) is 0 Å². The zero-order valence-electron chi connectivity index (χ0n) is 19.1. The molecular formula is C23H22F3N5O4. The smallest absolute Gasteiger partial charge is 0.413 e. The van der Waals surface area contributed by atoms with Crippen molar-refractivity contribution in [2.75, 3.05) is 18.5 Å². The number of halogens is 3. The molecule has 1 aliphatic rings. The minimum absolute atomic E-state index is 0.0165. The lowest BCUT2D eigenvalue weighted by molar-refractivity contribution is -0.137. The van der Waals surface area contributed by atoms with Crippen molar-refractivity contribution < 1.29 is 32.2 Å². The van der Waals surface area contributed by atoms with Crippen LogP contribution in [0, 0.1) is 17.1 Å². The van der Waals surface area contributed by atoms with E-state index in [0.29, 0.717) is 0 Å². The number of anilines is 1. The molecule has 2 heterocycles. The van der Waals surface area contributed by atoms with Gasteiger partial charge in [0.1, 0.15) is 35.6 Å². The van der Waals surface area contributed by atoms with Crippen LogP contribution in [0.1, 0.15) is 42.4 Å². The molecule has 3 rings (SSSR count). The van der Waals surface area contributed by atoms with Crippen molar-refractivity contribution in [1.29, 1.82) is 5.26 Å². The SMILES string of the molecule is CC(C)(C)OC(=O)NC1=NCC(c2cc(NC(=O)c3ccc(C#N)cn3)ccc2F)(C(F)F)OC1. The fourth-order valence-electron chi connectivity index (χ4n) is 3.13. The second-order valence-corrected chi connectivity index (χ2v) is 8.56. The molecule has 2 amide bonds. The van der Waals surface area contributed by atoms with Crippen molar-refractivity contribution in [2.24, 2.45) is 4.99 Å². The number of nitrogens with one attached hydrogen (secondary N) is 2. The summed E-state index contributed by atoms with van der Waals surface area (Å²) < 4.78 is 53.5. The largest absolute Gasteiger partial charge is 0.444 e. The first-order chi connectivity index (χ1) is 16.4. The lowest BCUT2D eigenvalue weighted by Gasteiger charge is -2.36. The zero-order chi connectivity index (χ0) is 25.8. The van der Waals surface area contributed by atoms with E-state index in [1.165, 1.54) is 24.4 Å². The molecule has 1 aliphatic heterocycles. The van der Waals surface area contributed by atoms with E-state index >= 15 is 0 Å². The van der Waals surface area contributed by atoms with Crippen molar-refractivity contribution in [3.8, 4) is 6.07 Å². The molecule has 0 spiro atoms. The predicted molar refractivity (Wildman–Crippen MR) is 119 cm³/mol. The lowest BCUT2D eigenvalue weighted by atomic mass is 9.92. The average molecular weight is 489 g/mol. The number of alkyl halides is 2. The molecule has 0 aliphatic carbocycles. The molecule has 0 bridgehead atoms. The molecular weight excluding hydrogens is 467 g/mol. The van der Waals surface area contributed by atoms with Gasteiger partial charge in [0, 0.05) is 17.4 Å². The molecule has 9 nitrogen and oxygen atoms in total. The van der Waals surface area contributed by atoms with E-state index in [4.69, 9.17) is 14.7 Å². The highest BCUT2D eigenvalue weighted by Crippen LogP contribution is 2.38. The number of benzene rings is 1. The third-order valence-electron chi connectivity index (χ3n) is 4.77. The highest BCUT2D eigenvalue weighted by atomic mass is 19.3. The Kier molecular flexibility index (Phi) is 7.40. The molecule has 0 radical (unpaired) electrons. The molecule has 184 valence electrons. The molecule has 0 saturated carbocycles. The van der Waals surface area contributed by atoms with Gasteiger partial charge in [0.15, 0.2) is 5.60 Å². The van der Waals surface area contributed by atoms with Gasteiger partial charge < -0.3 is 14.8 Å². The Labute approximate surface area is 199 Å². The van der Waals surface area contributed by atoms with E-state index in [2.05, 4.69) is 20.6 Å². The summed E-state index contributed by atoms with van der Waals surface area (Å²) in [4.78, 5) is 32.2. The molecule has 1 aromatic carbocycles. The van der Waals surface area contributed by atoms with Gasteiger partial charge in [0.25, 0.3) is 12.3 Å². The van der Waals surface area contributed by atoms with Crippen molar-refractivity contribution >= 4 is 23.5 Å². The number of rotatable bonds is 4. The van der Waals surface area contributed by atoms with Gasteiger partial charge in [0.05, 0.1) is 12.1 Å². The Morgan fingerprint density at radius 3 is 2.51 bits per heavy atom. The average Bonchev–Trinajstić information content (AvgIpc) is 2.79. The van der Waals surface area contributed by atoms with Crippen LogP contribution in [0.4, 0.5) is 23.7 Å². The van der Waals surface area contributed by atoms with E-state index < -0.39 is 54.2 Å². The number of aliphatic imine (C=N–C) groups is 1. The van der Waals surface area contributed by atoms with Crippen LogP contribution < -0.4 is 10.6 Å². The van der Waals surface area contributed by atoms with E-state index in [1.54, 1.807) is 20.8 Å². The van der Waals surface area contributed by atoms with Crippen LogP contribution in [-0.4, -0.2) is 48.0 Å². The summed E-state index contributed by atoms with van der Waals surface area (Å²) in [6, 6.07) is 7.72. The van der Waals surface area contributed by atoms with E-state index in [1.807, 2.05) is 6.07 Å². The van der Waals surface area contributed by atoms with E-state index in [-0.39, 0.29) is 22.8 Å². The molecule has 1 unspecified atom stereocenters. The normalized spacial score (nSPS) is 17.8. The highest BCUT2D eigenvalue weighted by molar-refractivity contribution is 6.03. The zero-order valence-corrected chi connectivity index (χ0v) is 19.1. The summed E-state index contributed by atoms with van der Waals surface area (Å²) in [5, 5.41) is 13.6. The van der Waals surface area contributed by atoms with Crippen molar-refractivity contribution in [3.63, 3.8) is 0 Å². The monoisotopic (exact) mass is 489 g/mol. The standard InChI is InChI=1S/C23H22F3N5O4/c1-22(2,3)35-21(33)31-18-11-34-23(12-29-18,20(25)26)15-8-14(5-6-16(15)24)30-19(32)17-7-4-13(9-27)10-28-17/h4-8,10,20H,11-12H2,1-3H3,(H,30,32)(H,29,31,33). The van der Waals surface area contributed by atoms with Crippen molar-refractivity contribution in [1.82, 2.24) is 10.3 Å². The summed E-state index contributed by atoms with van der Waals surface area (Å²) in [5.74, 6) is -1.73. The van der Waals surface area contributed by atoms with Gasteiger partial charge >= 0.3 is 6.09 Å². The minimum Gasteiger partial charge on any atom is -0.444 e. The topological polar surface area (TPSA) is 126 Å². The van der Waals surface area contributed by atoms with Crippen LogP contribution in [-0.2, 0) is 15.1 Å². The molecule has 12 heteroatoms. The number of nitriles is 1. The molecule has 2 N–H and O–H groups in total. The molecule has 0 saturated heterocycles. The van der Waals surface area contributed by atoms with Crippen LogP contribution in [0.15, 0.2) is 41.5 Å². The highest BCUT2D eigenvalue weighted by Gasteiger charge is 2.47. The number of hydrogen-bond acceptors (Lipinski definition) is 7. The molecule has 1 atom stereocenters. The number of hydrogen-bond donors (Lipinski definition) is 2. The van der Waals surface area contributed by atoms with Gasteiger partial charge in [-0.1, -0.05) is 0 Å². The van der Waals surface area contributed by atoms with Gasteiger partial charge in [-0.2, -0.15) is 5.26 Å². The van der Waals surface area contributed by atoms with Crippen molar-refractivity contribution in [2.45, 2.75) is 38.4 Å². The lowest BCUT2D eigenvalue weighted by Crippen LogP contribution is -2.49. The number of nitrogens with zero attached hydrogens (tertiary/aromatic N) is 3. The van der Waals surface area contributed by atoms with Crippen LogP contribution in [0.3, 0.4) is 0 Å². The summed E-state index contributed by atoms with van der Waals surface area (Å²) >= 11 is 0. The Bertz CT molecular complexity index is 1190. The number of amides is 2. The van der Waals surface area contributed by atoms with Crippen molar-refractivity contribution in [3.05, 3.63) is 59.2 Å². The maximum atomic E-state index is 14.7. The van der Waals surface area contributed by atoms with Gasteiger partial charge in [-0.05, 0) is 51.1 Å². The number of ether oxygens (including phenoxy) is 2. The fraction of sp³-hybridized carbons (Fsp3) is 0.348. The predicted octanol–water partition coefficient (Wildman–Crippen LogP) is 3.76. The molecule has 1 aromatic heterocycles. The van der Waals surface area contributed by atoms with Crippen LogP contribution in [0.2, 0.25) is 0 Å². The Hall–Kier alpha value is -3.98. The van der Waals surface area contributed by atoms with Crippen LogP contribution in [0.5, 0.6) is 0 Å². The summed E-state index contributed by atoms with van der Waals surface area (Å²) in [5.41, 5.74) is -3.51. The van der Waals surface area contributed by atoms with E-state index in [0.717, 1.165) is 12.1 Å². The number of aromatic nitrogens is 1. The summed E-state index contributed by atoms with van der Waals surface area (Å²) in [7, 11) is 0. The number of carbonyl (C=O) groups excluding carboxylic acids is 2. The Balaban J connectivity index is 1.82. The first-order valence-electron chi connectivity index (χ1n) is 10.4. The number of alkyl carbamates (subject to hydrolysis) is 1. The van der Waals surface area contributed by atoms with Gasteiger partial charge in [0.2, 0.25) is 0 Å². The summed E-state index contributed by atoms with van der Waals surface area (Å²) in [6.07, 6.45) is -2.82. The second-order valence-electron chi connectivity index (χ2n) is 8.56. The molecule has 2 aromatic rings. The minimum atomic E-state index is -3.19. The third-order valence-corrected chi connectivity index (χ3v) is 4.77. The first-order valence-corrected chi connectivity index (χ1v) is 10.4. The van der Waals surface area contributed by atoms with E-state index in [9.17, 15) is 22.8 Å². The molecule has 35 heavy (non-hydrogen) atoms. The van der Waals surface area contributed by atoms with Crippen LogP contribution >= 0.6 is 0 Å². The summed E-state index contributed by atoms with van der Waals surface area (Å²) in [6.45, 7) is 3.73. The fourth-order valence-corrected chi connectivity index (χ4v) is 3.13. The second kappa shape index (κ2) is 10.1. The first kappa shape index (κ1) is 25.6. The molecule has 0 fully saturated rings. The van der Waals surface area contributed by atoms with Gasteiger partial charge in [-0.25, -0.2) is 22.9 Å². The number of amidine groups is 1. The number of pyridine rings is 1. The Morgan fingerprint density at radius 1 is 1.23 bits per heavy atom. The van der Waals surface area contributed by atoms with Crippen LogP contribution in [0.25, 0.3) is 0 Å².